The molecule has 3 rings (SSSR count). The molecular formula is C15H16N4O. The number of nitrogens with two attached hydrogens (primary N) is 1. The molecule has 1 aliphatic rings. The number of nitrogens with one attached hydrogen (secondary N) is 1. The van der Waals surface area contributed by atoms with E-state index in [0.717, 1.165) is 19.3 Å². The maximum atomic E-state index is 7.53. The molecule has 1 atom stereocenters. The summed E-state index contributed by atoms with van der Waals surface area (Å²) in [4.78, 5) is 8.22. The first kappa shape index (κ1) is 12.6. The predicted octanol–water partition coefficient (Wildman–Crippen LogP) is 2.22. The molecule has 2 aromatic rings. The van der Waals surface area contributed by atoms with Crippen LogP contribution in [0, 0.1) is 5.41 Å². The van der Waals surface area contributed by atoms with Gasteiger partial charge in [0.25, 0.3) is 0 Å². The second-order valence-electron chi connectivity index (χ2n) is 4.82. The van der Waals surface area contributed by atoms with Crippen LogP contribution >= 0.6 is 0 Å². The van der Waals surface area contributed by atoms with E-state index in [1.165, 1.54) is 17.3 Å². The monoisotopic (exact) mass is 268 g/mol. The third-order valence-electron chi connectivity index (χ3n) is 3.49. The van der Waals surface area contributed by atoms with Gasteiger partial charge in [-0.25, -0.2) is 9.97 Å². The lowest BCUT2D eigenvalue weighted by atomic mass is 9.89. The van der Waals surface area contributed by atoms with Gasteiger partial charge in [0.1, 0.15) is 11.9 Å². The molecule has 1 aromatic carbocycles. The lowest BCUT2D eigenvalue weighted by Gasteiger charge is -2.26. The molecule has 0 radical (unpaired) electrons. The Kier molecular flexibility index (Phi) is 3.33. The van der Waals surface area contributed by atoms with Crippen LogP contribution in [0.4, 0.5) is 0 Å². The zero-order valence-electron chi connectivity index (χ0n) is 11.0. The Morgan fingerprint density at radius 2 is 2.05 bits per heavy atom. The van der Waals surface area contributed by atoms with Gasteiger partial charge in [0.2, 0.25) is 5.88 Å². The van der Waals surface area contributed by atoms with Crippen LogP contribution in [0.2, 0.25) is 0 Å². The van der Waals surface area contributed by atoms with Crippen molar-refractivity contribution in [3.05, 3.63) is 53.5 Å². The van der Waals surface area contributed by atoms with Gasteiger partial charge in [-0.2, -0.15) is 0 Å². The molecule has 0 fully saturated rings. The summed E-state index contributed by atoms with van der Waals surface area (Å²) in [5.74, 6) is 0.207. The highest BCUT2D eigenvalue weighted by Gasteiger charge is 2.23. The summed E-state index contributed by atoms with van der Waals surface area (Å²) in [5, 5.41) is 7.53. The van der Waals surface area contributed by atoms with Gasteiger partial charge < -0.3 is 10.5 Å². The highest BCUT2D eigenvalue weighted by molar-refractivity contribution is 5.94. The first-order valence-corrected chi connectivity index (χ1v) is 6.65. The van der Waals surface area contributed by atoms with Crippen molar-refractivity contribution in [2.24, 2.45) is 5.73 Å². The van der Waals surface area contributed by atoms with E-state index in [9.17, 15) is 0 Å². The van der Waals surface area contributed by atoms with Crippen LogP contribution in [0.5, 0.6) is 5.88 Å². The van der Waals surface area contributed by atoms with Crippen LogP contribution in [0.25, 0.3) is 0 Å². The molecule has 0 amide bonds. The fourth-order valence-corrected chi connectivity index (χ4v) is 2.56. The van der Waals surface area contributed by atoms with E-state index in [2.05, 4.69) is 22.1 Å². The first-order chi connectivity index (χ1) is 9.75. The van der Waals surface area contributed by atoms with Gasteiger partial charge in [0.05, 0.1) is 0 Å². The lowest BCUT2D eigenvalue weighted by Crippen LogP contribution is -2.20. The first-order valence-electron chi connectivity index (χ1n) is 6.65. The molecule has 0 saturated heterocycles. The van der Waals surface area contributed by atoms with Crippen molar-refractivity contribution in [1.29, 1.82) is 5.41 Å². The molecule has 3 N–H and O–H groups in total. The summed E-state index contributed by atoms with van der Waals surface area (Å²) >= 11 is 0. The number of nitrogen functional groups attached to an aromatic ring is 1. The standard InChI is InChI=1S/C15H16N4O/c16-14(17)13-15(19-9-8-18-13)20-12-7-3-5-10-4-1-2-6-11(10)12/h1-2,4,6,8-9,12H,3,5,7H2,(H3,16,17). The lowest BCUT2D eigenvalue weighted by molar-refractivity contribution is 0.174. The van der Waals surface area contributed by atoms with E-state index in [0.29, 0.717) is 11.6 Å². The summed E-state index contributed by atoms with van der Waals surface area (Å²) in [5.41, 5.74) is 8.33. The summed E-state index contributed by atoms with van der Waals surface area (Å²) in [6.07, 6.45) is 6.11. The van der Waals surface area contributed by atoms with Gasteiger partial charge in [-0.3, -0.25) is 5.41 Å². The van der Waals surface area contributed by atoms with Crippen molar-refractivity contribution in [3.63, 3.8) is 0 Å². The van der Waals surface area contributed by atoms with Crippen LogP contribution in [0.3, 0.4) is 0 Å². The number of nitrogens with zero attached hydrogens (tertiary/aromatic N) is 2. The molecule has 0 saturated carbocycles. The Morgan fingerprint density at radius 3 is 2.90 bits per heavy atom. The maximum absolute atomic E-state index is 7.53. The van der Waals surface area contributed by atoms with Crippen molar-refractivity contribution >= 4 is 5.84 Å². The fourth-order valence-electron chi connectivity index (χ4n) is 2.56. The van der Waals surface area contributed by atoms with Crippen LogP contribution in [0.15, 0.2) is 36.7 Å². The number of aromatic nitrogens is 2. The number of hydrogen-bond donors (Lipinski definition) is 2. The Hall–Kier alpha value is -2.43. The number of fused-ring (bicyclic) bond motifs is 1. The summed E-state index contributed by atoms with van der Waals surface area (Å²) in [6.45, 7) is 0. The van der Waals surface area contributed by atoms with E-state index in [4.69, 9.17) is 15.9 Å². The van der Waals surface area contributed by atoms with Crippen LogP contribution in [-0.4, -0.2) is 15.8 Å². The Balaban J connectivity index is 1.92. The SMILES string of the molecule is N=C(N)c1nccnc1OC1CCCc2ccccc21. The number of amidine groups is 1. The van der Waals surface area contributed by atoms with E-state index < -0.39 is 0 Å². The van der Waals surface area contributed by atoms with Gasteiger partial charge in [0, 0.05) is 12.4 Å². The van der Waals surface area contributed by atoms with E-state index in [1.807, 2.05) is 12.1 Å². The molecule has 0 aliphatic heterocycles. The quantitative estimate of drug-likeness (QED) is 0.660. The minimum atomic E-state index is -0.128. The van der Waals surface area contributed by atoms with E-state index >= 15 is 0 Å². The molecular weight excluding hydrogens is 252 g/mol. The van der Waals surface area contributed by atoms with Crippen molar-refractivity contribution in [3.8, 4) is 5.88 Å². The second-order valence-corrected chi connectivity index (χ2v) is 4.82. The van der Waals surface area contributed by atoms with Gasteiger partial charge in [-0.1, -0.05) is 24.3 Å². The largest absolute Gasteiger partial charge is 0.468 e. The second kappa shape index (κ2) is 5.28. The van der Waals surface area contributed by atoms with Gasteiger partial charge in [-0.15, -0.1) is 0 Å². The molecule has 1 aromatic heterocycles. The highest BCUT2D eigenvalue weighted by Crippen LogP contribution is 2.33. The average Bonchev–Trinajstić information content (AvgIpc) is 2.48. The molecule has 1 unspecified atom stereocenters. The minimum absolute atomic E-state index is 0.0465. The zero-order valence-corrected chi connectivity index (χ0v) is 11.0. The third kappa shape index (κ3) is 2.34. The van der Waals surface area contributed by atoms with E-state index in [-0.39, 0.29) is 11.9 Å². The Morgan fingerprint density at radius 1 is 1.25 bits per heavy atom. The van der Waals surface area contributed by atoms with Crippen LogP contribution < -0.4 is 10.5 Å². The normalized spacial score (nSPS) is 17.3. The molecule has 5 heteroatoms. The highest BCUT2D eigenvalue weighted by atomic mass is 16.5. The molecule has 5 nitrogen and oxygen atoms in total. The summed E-state index contributed by atoms with van der Waals surface area (Å²) < 4.78 is 5.98. The Labute approximate surface area is 117 Å². The van der Waals surface area contributed by atoms with Crippen molar-refractivity contribution in [2.45, 2.75) is 25.4 Å². The molecule has 0 bridgehead atoms. The van der Waals surface area contributed by atoms with Gasteiger partial charge in [-0.05, 0) is 30.4 Å². The van der Waals surface area contributed by atoms with Crippen LogP contribution in [-0.2, 0) is 6.42 Å². The van der Waals surface area contributed by atoms with Crippen LogP contribution in [0.1, 0.15) is 35.8 Å². The van der Waals surface area contributed by atoms with Gasteiger partial charge >= 0.3 is 0 Å². The number of rotatable bonds is 3. The van der Waals surface area contributed by atoms with Crippen molar-refractivity contribution in [1.82, 2.24) is 9.97 Å². The van der Waals surface area contributed by atoms with Gasteiger partial charge in [0.15, 0.2) is 5.69 Å². The fraction of sp³-hybridized carbons (Fsp3) is 0.267. The Bertz CT molecular complexity index is 641. The number of ether oxygens (including phenoxy) is 1. The predicted molar refractivity (Wildman–Crippen MR) is 75.8 cm³/mol. The minimum Gasteiger partial charge on any atom is -0.468 e. The molecule has 20 heavy (non-hydrogen) atoms. The number of aryl methyl sites for hydroxylation is 1. The average molecular weight is 268 g/mol. The smallest absolute Gasteiger partial charge is 0.244 e. The maximum Gasteiger partial charge on any atom is 0.244 e. The van der Waals surface area contributed by atoms with E-state index in [1.54, 1.807) is 6.20 Å². The third-order valence-corrected chi connectivity index (χ3v) is 3.49. The molecule has 1 heterocycles. The number of benzene rings is 1. The summed E-state index contributed by atoms with van der Waals surface area (Å²) in [6, 6.07) is 8.28. The number of hydrogen-bond acceptors (Lipinski definition) is 4. The topological polar surface area (TPSA) is 84.9 Å². The zero-order chi connectivity index (χ0) is 13.9. The van der Waals surface area contributed by atoms with Crippen molar-refractivity contribution < 1.29 is 4.74 Å². The molecule has 102 valence electrons. The van der Waals surface area contributed by atoms with Crippen molar-refractivity contribution in [2.75, 3.05) is 0 Å². The molecule has 0 spiro atoms. The molecule has 1 aliphatic carbocycles. The summed E-state index contributed by atoms with van der Waals surface area (Å²) in [7, 11) is 0.